The third-order valence-corrected chi connectivity index (χ3v) is 4.59. The summed E-state index contributed by atoms with van der Waals surface area (Å²) in [5, 5.41) is 3.24. The highest BCUT2D eigenvalue weighted by molar-refractivity contribution is 5.60. The van der Waals surface area contributed by atoms with Gasteiger partial charge in [0.05, 0.1) is 11.7 Å². The van der Waals surface area contributed by atoms with E-state index in [1.54, 1.807) is 18.2 Å². The lowest BCUT2D eigenvalue weighted by molar-refractivity contribution is 0.409. The van der Waals surface area contributed by atoms with Crippen LogP contribution in [0.3, 0.4) is 0 Å². The Kier molecular flexibility index (Phi) is 2.81. The maximum atomic E-state index is 14.2. The molecule has 0 unspecified atom stereocenters. The van der Waals surface area contributed by atoms with E-state index < -0.39 is 0 Å². The molecular weight excluding hydrogens is 268 g/mol. The van der Waals surface area contributed by atoms with Crippen molar-refractivity contribution in [3.8, 4) is 0 Å². The number of rotatable bonds is 1. The summed E-state index contributed by atoms with van der Waals surface area (Å²) >= 11 is 0. The number of nitrogens with one attached hydrogen (secondary N) is 1. The van der Waals surface area contributed by atoms with Gasteiger partial charge in [-0.15, -0.1) is 0 Å². The second kappa shape index (κ2) is 4.69. The minimum Gasteiger partial charge on any atom is -0.375 e. The maximum absolute atomic E-state index is 14.2. The monoisotopic (exact) mass is 283 g/mol. The molecule has 3 atom stereocenters. The van der Waals surface area contributed by atoms with Gasteiger partial charge in [-0.2, -0.15) is 0 Å². The molecule has 1 N–H and O–H groups in total. The highest BCUT2D eigenvalue weighted by atomic mass is 19.1. The minimum absolute atomic E-state index is 0.154. The lowest BCUT2D eigenvalue weighted by Gasteiger charge is -2.37. The van der Waals surface area contributed by atoms with Crippen LogP contribution in [0.15, 0.2) is 54.6 Å². The lowest BCUT2D eigenvalue weighted by Crippen LogP contribution is -2.30. The smallest absolute Gasteiger partial charge is 0.146 e. The van der Waals surface area contributed by atoms with E-state index in [1.165, 1.54) is 12.1 Å². The number of anilines is 1. The van der Waals surface area contributed by atoms with Crippen LogP contribution < -0.4 is 5.32 Å². The summed E-state index contributed by atoms with van der Waals surface area (Å²) in [4.78, 5) is 0. The van der Waals surface area contributed by atoms with Crippen LogP contribution in [0.4, 0.5) is 14.5 Å². The first-order valence-corrected chi connectivity index (χ1v) is 7.22. The molecule has 1 aliphatic carbocycles. The summed E-state index contributed by atoms with van der Waals surface area (Å²) < 4.78 is 28.3. The molecule has 21 heavy (non-hydrogen) atoms. The molecule has 2 aliphatic rings. The third kappa shape index (κ3) is 1.88. The Morgan fingerprint density at radius 1 is 0.905 bits per heavy atom. The van der Waals surface area contributed by atoms with Crippen molar-refractivity contribution in [3.63, 3.8) is 0 Å². The van der Waals surface area contributed by atoms with Crippen molar-refractivity contribution >= 4 is 5.69 Å². The number of para-hydroxylation sites is 1. The van der Waals surface area contributed by atoms with Crippen molar-refractivity contribution in [2.24, 2.45) is 5.92 Å². The topological polar surface area (TPSA) is 12.0 Å². The molecule has 0 amide bonds. The minimum atomic E-state index is -0.271. The lowest BCUT2D eigenvalue weighted by atomic mass is 9.77. The van der Waals surface area contributed by atoms with Crippen LogP contribution in [0.25, 0.3) is 0 Å². The fourth-order valence-corrected chi connectivity index (χ4v) is 3.62. The van der Waals surface area contributed by atoms with E-state index in [1.807, 2.05) is 12.1 Å². The number of hydrogen-bond acceptors (Lipinski definition) is 1. The second-order valence-corrected chi connectivity index (χ2v) is 5.70. The number of allylic oxidation sites excluding steroid dienone is 2. The van der Waals surface area contributed by atoms with Crippen LogP contribution in [0, 0.1) is 17.6 Å². The Hall–Kier alpha value is -2.16. The molecule has 0 saturated carbocycles. The van der Waals surface area contributed by atoms with Gasteiger partial charge < -0.3 is 5.32 Å². The molecule has 4 rings (SSSR count). The molecule has 0 fully saturated rings. The first kappa shape index (κ1) is 12.6. The molecule has 106 valence electrons. The van der Waals surface area contributed by atoms with E-state index in [2.05, 4.69) is 17.5 Å². The van der Waals surface area contributed by atoms with Gasteiger partial charge >= 0.3 is 0 Å². The second-order valence-electron chi connectivity index (χ2n) is 5.70. The molecule has 0 saturated heterocycles. The maximum Gasteiger partial charge on any atom is 0.146 e. The van der Waals surface area contributed by atoms with E-state index in [-0.39, 0.29) is 29.5 Å². The Labute approximate surface area is 122 Å². The Morgan fingerprint density at radius 2 is 1.67 bits per heavy atom. The fourth-order valence-electron chi connectivity index (χ4n) is 3.62. The van der Waals surface area contributed by atoms with Gasteiger partial charge in [-0.1, -0.05) is 42.5 Å². The zero-order valence-electron chi connectivity index (χ0n) is 11.4. The van der Waals surface area contributed by atoms with Gasteiger partial charge in [0.15, 0.2) is 0 Å². The zero-order valence-corrected chi connectivity index (χ0v) is 11.4. The summed E-state index contributed by atoms with van der Waals surface area (Å²) in [5.41, 5.74) is 2.10. The van der Waals surface area contributed by atoms with Gasteiger partial charge in [-0.3, -0.25) is 0 Å². The molecule has 1 heterocycles. The standard InChI is InChI=1S/C18H15F2N/c19-15-9-2-1-5-14(15)17-12-7-3-6-11(12)13-8-4-10-16(20)18(13)21-17/h1-6,8-12,17,21H,7H2/t11-,12-,17+/m0/s1. The predicted molar refractivity (Wildman–Crippen MR) is 79.2 cm³/mol. The summed E-state index contributed by atoms with van der Waals surface area (Å²) in [5.74, 6) is -0.120. The molecule has 2 aromatic carbocycles. The Morgan fingerprint density at radius 3 is 2.52 bits per heavy atom. The van der Waals surface area contributed by atoms with Crippen LogP contribution >= 0.6 is 0 Å². The molecule has 0 radical (unpaired) electrons. The van der Waals surface area contributed by atoms with Crippen LogP contribution in [0.2, 0.25) is 0 Å². The summed E-state index contributed by atoms with van der Waals surface area (Å²) in [7, 11) is 0. The highest BCUT2D eigenvalue weighted by Crippen LogP contribution is 2.50. The largest absolute Gasteiger partial charge is 0.375 e. The predicted octanol–water partition coefficient (Wildman–Crippen LogP) is 4.79. The van der Waals surface area contributed by atoms with Gasteiger partial charge in [0.25, 0.3) is 0 Å². The van der Waals surface area contributed by atoms with Crippen molar-refractivity contribution in [3.05, 3.63) is 77.4 Å². The molecular formula is C18H15F2N. The molecule has 0 aromatic heterocycles. The van der Waals surface area contributed by atoms with Crippen molar-refractivity contribution in [2.75, 3.05) is 5.32 Å². The fraction of sp³-hybridized carbons (Fsp3) is 0.222. The molecule has 3 heteroatoms. The van der Waals surface area contributed by atoms with Crippen LogP contribution in [-0.4, -0.2) is 0 Å². The number of benzene rings is 2. The van der Waals surface area contributed by atoms with Crippen molar-refractivity contribution in [1.29, 1.82) is 0 Å². The Bertz CT molecular complexity index is 723. The van der Waals surface area contributed by atoms with Crippen LogP contribution in [-0.2, 0) is 0 Å². The van der Waals surface area contributed by atoms with Gasteiger partial charge in [0.1, 0.15) is 11.6 Å². The SMILES string of the molecule is Fc1ccccc1[C@@H]1Nc2c(F)cccc2[C@H]2C=CC[C@@H]21. The highest BCUT2D eigenvalue weighted by Gasteiger charge is 2.39. The third-order valence-electron chi connectivity index (χ3n) is 4.59. The van der Waals surface area contributed by atoms with Crippen molar-refractivity contribution in [1.82, 2.24) is 0 Å². The van der Waals surface area contributed by atoms with E-state index >= 15 is 0 Å². The first-order chi connectivity index (χ1) is 10.3. The van der Waals surface area contributed by atoms with Crippen LogP contribution in [0.1, 0.15) is 29.5 Å². The first-order valence-electron chi connectivity index (χ1n) is 7.22. The van der Waals surface area contributed by atoms with Gasteiger partial charge in [-0.25, -0.2) is 8.78 Å². The van der Waals surface area contributed by atoms with Crippen molar-refractivity contribution in [2.45, 2.75) is 18.4 Å². The summed E-state index contributed by atoms with van der Waals surface area (Å²) in [6, 6.07) is 11.7. The average molecular weight is 283 g/mol. The Balaban J connectivity index is 1.85. The zero-order chi connectivity index (χ0) is 14.4. The number of fused-ring (bicyclic) bond motifs is 3. The van der Waals surface area contributed by atoms with Gasteiger partial charge in [0, 0.05) is 11.5 Å². The molecule has 0 spiro atoms. The number of halogens is 2. The van der Waals surface area contributed by atoms with Crippen LogP contribution in [0.5, 0.6) is 0 Å². The summed E-state index contributed by atoms with van der Waals surface area (Å²) in [6.45, 7) is 0. The normalized spacial score (nSPS) is 26.1. The molecule has 2 aromatic rings. The number of hydrogen-bond donors (Lipinski definition) is 1. The molecule has 0 bridgehead atoms. The van der Waals surface area contributed by atoms with E-state index in [9.17, 15) is 8.78 Å². The average Bonchev–Trinajstić information content (AvgIpc) is 2.97. The van der Waals surface area contributed by atoms with E-state index in [4.69, 9.17) is 0 Å². The van der Waals surface area contributed by atoms with Crippen molar-refractivity contribution < 1.29 is 8.78 Å². The summed E-state index contributed by atoms with van der Waals surface area (Å²) in [6.07, 6.45) is 5.12. The van der Waals surface area contributed by atoms with E-state index in [0.717, 1.165) is 12.0 Å². The quantitative estimate of drug-likeness (QED) is 0.742. The van der Waals surface area contributed by atoms with Gasteiger partial charge in [0.2, 0.25) is 0 Å². The van der Waals surface area contributed by atoms with Gasteiger partial charge in [-0.05, 0) is 30.0 Å². The molecule has 1 aliphatic heterocycles. The van der Waals surface area contributed by atoms with E-state index in [0.29, 0.717) is 11.3 Å². The molecule has 1 nitrogen and oxygen atoms in total.